The molecule has 2 aromatic rings. The Morgan fingerprint density at radius 3 is 2.33 bits per heavy atom. The molecule has 3 rings (SSSR count). The molecule has 0 aromatic heterocycles. The van der Waals surface area contributed by atoms with E-state index in [4.69, 9.17) is 15.2 Å². The van der Waals surface area contributed by atoms with Gasteiger partial charge >= 0.3 is 0 Å². The van der Waals surface area contributed by atoms with Gasteiger partial charge in [-0.15, -0.1) is 0 Å². The van der Waals surface area contributed by atoms with Crippen molar-refractivity contribution in [3.8, 4) is 11.5 Å². The van der Waals surface area contributed by atoms with Gasteiger partial charge in [-0.1, -0.05) is 24.3 Å². The number of rotatable bonds is 5. The molecule has 1 aliphatic heterocycles. The normalized spacial score (nSPS) is 17.2. The molecule has 0 radical (unpaired) electrons. The number of ether oxygens (including phenoxy) is 2. The smallest absolute Gasteiger partial charge is 0.247 e. The molecular weight excluding hydrogens is 375 g/mol. The topological polar surface area (TPSA) is 98.9 Å². The lowest BCUT2D eigenvalue weighted by Gasteiger charge is -2.34. The minimum absolute atomic E-state index is 0.0596. The van der Waals surface area contributed by atoms with E-state index in [9.17, 15) is 17.6 Å². The van der Waals surface area contributed by atoms with Crippen molar-refractivity contribution in [2.45, 2.75) is 23.9 Å². The highest BCUT2D eigenvalue weighted by Gasteiger charge is 2.40. The average Bonchev–Trinajstić information content (AvgIpc) is 2.66. The molecule has 2 aromatic carbocycles. The number of carbonyl (C=O) groups excluding carboxylic acids is 1. The maximum atomic E-state index is 14.6. The second-order valence-corrected chi connectivity index (χ2v) is 7.94. The zero-order chi connectivity index (χ0) is 19.8. The van der Waals surface area contributed by atoms with E-state index < -0.39 is 32.7 Å². The van der Waals surface area contributed by atoms with E-state index in [0.717, 1.165) is 27.6 Å². The number of halogens is 1. The lowest BCUT2D eigenvalue weighted by Crippen LogP contribution is -2.51. The number of nitrogens with two attached hydrogens (primary N) is 1. The van der Waals surface area contributed by atoms with Gasteiger partial charge in [-0.3, -0.25) is 4.79 Å². The highest BCUT2D eigenvalue weighted by atomic mass is 32.2. The Morgan fingerprint density at radius 2 is 1.74 bits per heavy atom. The molecule has 27 heavy (non-hydrogen) atoms. The van der Waals surface area contributed by atoms with E-state index in [0.29, 0.717) is 0 Å². The third kappa shape index (κ3) is 3.35. The molecule has 144 valence electrons. The summed E-state index contributed by atoms with van der Waals surface area (Å²) in [6.07, 6.45) is 0.125. The number of nitrogens with zero attached hydrogens (tertiary/aromatic N) is 1. The number of primary amides is 1. The molecule has 1 atom stereocenters. The molecule has 2 N–H and O–H groups in total. The molecule has 1 heterocycles. The summed E-state index contributed by atoms with van der Waals surface area (Å²) in [4.78, 5) is 11.3. The van der Waals surface area contributed by atoms with Crippen LogP contribution >= 0.6 is 0 Å². The van der Waals surface area contributed by atoms with Crippen molar-refractivity contribution < 1.29 is 27.1 Å². The van der Waals surface area contributed by atoms with Gasteiger partial charge in [-0.05, 0) is 17.5 Å². The fourth-order valence-electron chi connectivity index (χ4n) is 3.15. The van der Waals surface area contributed by atoms with Crippen LogP contribution in [0, 0.1) is 5.82 Å². The Kier molecular flexibility index (Phi) is 5.07. The molecular formula is C18H19FN2O5S. The van der Waals surface area contributed by atoms with Crippen LogP contribution in [0.2, 0.25) is 0 Å². The average molecular weight is 394 g/mol. The lowest BCUT2D eigenvalue weighted by atomic mass is 9.96. The zero-order valence-corrected chi connectivity index (χ0v) is 15.6. The third-order valence-electron chi connectivity index (χ3n) is 4.56. The second-order valence-electron chi connectivity index (χ2n) is 6.08. The summed E-state index contributed by atoms with van der Waals surface area (Å²) < 4.78 is 51.9. The monoisotopic (exact) mass is 394 g/mol. The minimum atomic E-state index is -4.37. The van der Waals surface area contributed by atoms with Crippen molar-refractivity contribution in [3.05, 3.63) is 53.3 Å². The fourth-order valence-corrected chi connectivity index (χ4v) is 4.79. The molecule has 0 spiro atoms. The summed E-state index contributed by atoms with van der Waals surface area (Å²) >= 11 is 0. The first kappa shape index (κ1) is 19.1. The quantitative estimate of drug-likeness (QED) is 0.827. The molecule has 1 aliphatic rings. The number of fused-ring (bicyclic) bond motifs is 1. The molecule has 0 fully saturated rings. The SMILES string of the molecule is COc1cc(F)c(S(=O)(=O)N2Cc3ccccc3C[C@H]2C(N)=O)cc1OC. The van der Waals surface area contributed by atoms with Gasteiger partial charge in [-0.25, -0.2) is 12.8 Å². The predicted molar refractivity (Wildman–Crippen MR) is 95.4 cm³/mol. The van der Waals surface area contributed by atoms with Gasteiger partial charge in [0.2, 0.25) is 15.9 Å². The Bertz CT molecular complexity index is 993. The van der Waals surface area contributed by atoms with E-state index in [1.807, 2.05) is 6.07 Å². The van der Waals surface area contributed by atoms with Crippen molar-refractivity contribution in [2.24, 2.45) is 5.73 Å². The molecule has 0 saturated carbocycles. The maximum Gasteiger partial charge on any atom is 0.247 e. The fraction of sp³-hybridized carbons (Fsp3) is 0.278. The van der Waals surface area contributed by atoms with Gasteiger partial charge in [-0.2, -0.15) is 4.31 Å². The van der Waals surface area contributed by atoms with E-state index in [2.05, 4.69) is 0 Å². The van der Waals surface area contributed by atoms with Crippen LogP contribution in [0.15, 0.2) is 41.3 Å². The van der Waals surface area contributed by atoms with E-state index in [-0.39, 0.29) is 24.5 Å². The van der Waals surface area contributed by atoms with Crippen LogP contribution < -0.4 is 15.2 Å². The van der Waals surface area contributed by atoms with Crippen LogP contribution in [0.3, 0.4) is 0 Å². The largest absolute Gasteiger partial charge is 0.493 e. The Morgan fingerprint density at radius 1 is 1.15 bits per heavy atom. The van der Waals surface area contributed by atoms with Gasteiger partial charge in [0.1, 0.15) is 16.8 Å². The van der Waals surface area contributed by atoms with Crippen LogP contribution in [0.25, 0.3) is 0 Å². The van der Waals surface area contributed by atoms with Crippen LogP contribution in [-0.4, -0.2) is 38.9 Å². The van der Waals surface area contributed by atoms with Gasteiger partial charge in [0, 0.05) is 18.7 Å². The number of sulfonamides is 1. The maximum absolute atomic E-state index is 14.6. The summed E-state index contributed by atoms with van der Waals surface area (Å²) in [7, 11) is -1.73. The van der Waals surface area contributed by atoms with Crippen LogP contribution in [0.4, 0.5) is 4.39 Å². The minimum Gasteiger partial charge on any atom is -0.493 e. The summed E-state index contributed by atoms with van der Waals surface area (Å²) in [5.74, 6) is -1.68. The first-order chi connectivity index (χ1) is 12.8. The van der Waals surface area contributed by atoms with Crippen LogP contribution in [0.1, 0.15) is 11.1 Å². The van der Waals surface area contributed by atoms with Crippen molar-refractivity contribution in [3.63, 3.8) is 0 Å². The number of carbonyl (C=O) groups is 1. The summed E-state index contributed by atoms with van der Waals surface area (Å²) in [6, 6.07) is 8.01. The van der Waals surface area contributed by atoms with Crippen LogP contribution in [0.5, 0.6) is 11.5 Å². The summed E-state index contributed by atoms with van der Waals surface area (Å²) in [5, 5.41) is 0. The lowest BCUT2D eigenvalue weighted by molar-refractivity contribution is -0.122. The van der Waals surface area contributed by atoms with Crippen molar-refractivity contribution >= 4 is 15.9 Å². The zero-order valence-electron chi connectivity index (χ0n) is 14.8. The number of amides is 1. The van der Waals surface area contributed by atoms with Crippen molar-refractivity contribution in [2.75, 3.05) is 14.2 Å². The Hall–Kier alpha value is -2.65. The highest BCUT2D eigenvalue weighted by Crippen LogP contribution is 2.35. The number of hydrogen-bond donors (Lipinski definition) is 1. The summed E-state index contributed by atoms with van der Waals surface area (Å²) in [5.41, 5.74) is 7.02. The van der Waals surface area contributed by atoms with Crippen LogP contribution in [-0.2, 0) is 27.8 Å². The third-order valence-corrected chi connectivity index (χ3v) is 6.43. The molecule has 9 heteroatoms. The second kappa shape index (κ2) is 7.16. The van der Waals surface area contributed by atoms with Gasteiger partial charge in [0.15, 0.2) is 11.5 Å². The highest BCUT2D eigenvalue weighted by molar-refractivity contribution is 7.89. The van der Waals surface area contributed by atoms with Gasteiger partial charge in [0.05, 0.1) is 14.2 Å². The molecule has 7 nitrogen and oxygen atoms in total. The Labute approximate surface area is 156 Å². The molecule has 1 amide bonds. The molecule has 0 bridgehead atoms. The van der Waals surface area contributed by atoms with E-state index >= 15 is 0 Å². The van der Waals surface area contributed by atoms with Crippen molar-refractivity contribution in [1.29, 1.82) is 0 Å². The molecule has 0 saturated heterocycles. The number of benzene rings is 2. The predicted octanol–water partition coefficient (Wildman–Crippen LogP) is 1.44. The van der Waals surface area contributed by atoms with Crippen molar-refractivity contribution in [1.82, 2.24) is 4.31 Å². The van der Waals surface area contributed by atoms with E-state index in [1.165, 1.54) is 14.2 Å². The molecule has 0 aliphatic carbocycles. The summed E-state index contributed by atoms with van der Waals surface area (Å²) in [6.45, 7) is -0.0834. The number of hydrogen-bond acceptors (Lipinski definition) is 5. The van der Waals surface area contributed by atoms with Gasteiger partial charge < -0.3 is 15.2 Å². The first-order valence-electron chi connectivity index (χ1n) is 8.09. The molecule has 0 unspecified atom stereocenters. The Balaban J connectivity index is 2.12. The number of methoxy groups -OCH3 is 2. The first-order valence-corrected chi connectivity index (χ1v) is 9.53. The standard InChI is InChI=1S/C18H19FN2O5S/c1-25-15-8-13(19)17(9-16(15)26-2)27(23,24)21-10-12-6-4-3-5-11(12)7-14(21)18(20)22/h3-6,8-9,14H,7,10H2,1-2H3,(H2,20,22)/t14-/m0/s1. The van der Waals surface area contributed by atoms with E-state index in [1.54, 1.807) is 18.2 Å². The van der Waals surface area contributed by atoms with Gasteiger partial charge in [0.25, 0.3) is 0 Å².